The summed E-state index contributed by atoms with van der Waals surface area (Å²) in [6.45, 7) is 0. The van der Waals surface area contributed by atoms with Crippen LogP contribution in [-0.2, 0) is 0 Å². The molecule has 0 spiro atoms. The van der Waals surface area contributed by atoms with Crippen LogP contribution in [0.3, 0.4) is 0 Å². The summed E-state index contributed by atoms with van der Waals surface area (Å²) >= 11 is 0. The number of nitrogens with zero attached hydrogens (tertiary/aromatic N) is 2. The molecule has 120 valence electrons. The first kappa shape index (κ1) is 15.8. The van der Waals surface area contributed by atoms with Crippen molar-refractivity contribution in [1.29, 1.82) is 0 Å². The number of phenolic OH excluding ortho intramolecular Hbond substituents is 1. The van der Waals surface area contributed by atoms with Crippen molar-refractivity contribution in [3.63, 3.8) is 0 Å². The number of anilines is 1. The van der Waals surface area contributed by atoms with E-state index in [4.69, 9.17) is 0 Å². The second kappa shape index (κ2) is 7.01. The highest BCUT2D eigenvalue weighted by Crippen LogP contribution is 2.35. The van der Waals surface area contributed by atoms with Crippen molar-refractivity contribution in [2.24, 2.45) is 4.99 Å². The summed E-state index contributed by atoms with van der Waals surface area (Å²) in [7, 11) is 4.04. The Morgan fingerprint density at radius 2 is 1.42 bits per heavy atom. The van der Waals surface area contributed by atoms with Gasteiger partial charge in [0.2, 0.25) is 0 Å². The van der Waals surface area contributed by atoms with Crippen LogP contribution >= 0.6 is 0 Å². The fourth-order valence-corrected chi connectivity index (χ4v) is 2.52. The van der Waals surface area contributed by atoms with Gasteiger partial charge < -0.3 is 10.0 Å². The maximum atomic E-state index is 10.1. The van der Waals surface area contributed by atoms with Crippen LogP contribution in [0.25, 0.3) is 11.1 Å². The molecule has 0 saturated carbocycles. The van der Waals surface area contributed by atoms with Crippen LogP contribution in [0.4, 0.5) is 11.4 Å². The minimum Gasteiger partial charge on any atom is -0.507 e. The molecule has 0 unspecified atom stereocenters. The summed E-state index contributed by atoms with van der Waals surface area (Å²) in [5.74, 6) is 0.260. The number of rotatable bonds is 4. The molecule has 0 amide bonds. The van der Waals surface area contributed by atoms with Gasteiger partial charge in [0, 0.05) is 37.1 Å². The predicted octanol–water partition coefficient (Wildman–Crippen LogP) is 4.88. The third-order valence-electron chi connectivity index (χ3n) is 3.86. The molecular formula is C21H20N2O. The highest BCUT2D eigenvalue weighted by atomic mass is 16.3. The molecule has 0 atom stereocenters. The summed E-state index contributed by atoms with van der Waals surface area (Å²) in [5, 5.41) is 10.1. The Morgan fingerprint density at radius 1 is 0.792 bits per heavy atom. The van der Waals surface area contributed by atoms with Crippen molar-refractivity contribution < 1.29 is 5.11 Å². The van der Waals surface area contributed by atoms with Gasteiger partial charge in [0.1, 0.15) is 5.75 Å². The van der Waals surface area contributed by atoms with E-state index in [1.54, 1.807) is 6.07 Å². The van der Waals surface area contributed by atoms with Crippen LogP contribution in [-0.4, -0.2) is 25.4 Å². The van der Waals surface area contributed by atoms with Crippen LogP contribution in [0.2, 0.25) is 0 Å². The first-order valence-electron chi connectivity index (χ1n) is 7.84. The minimum atomic E-state index is 0.260. The monoisotopic (exact) mass is 316 g/mol. The molecule has 0 aliphatic heterocycles. The lowest BCUT2D eigenvalue weighted by Crippen LogP contribution is -2.08. The zero-order valence-corrected chi connectivity index (χ0v) is 13.8. The van der Waals surface area contributed by atoms with Gasteiger partial charge in [0.05, 0.1) is 5.69 Å². The SMILES string of the molecule is CN(C)c1ccc(C=Nc2ccccc2-c2ccccc2O)cc1. The highest BCUT2D eigenvalue weighted by Gasteiger charge is 2.07. The molecule has 0 aliphatic carbocycles. The second-order valence-electron chi connectivity index (χ2n) is 5.78. The van der Waals surface area contributed by atoms with Crippen molar-refractivity contribution in [3.05, 3.63) is 78.4 Å². The smallest absolute Gasteiger partial charge is 0.123 e. The molecule has 0 radical (unpaired) electrons. The molecule has 3 rings (SSSR count). The van der Waals surface area contributed by atoms with Crippen molar-refractivity contribution in [3.8, 4) is 16.9 Å². The molecule has 24 heavy (non-hydrogen) atoms. The van der Waals surface area contributed by atoms with Gasteiger partial charge in [-0.05, 0) is 29.8 Å². The Kier molecular flexibility index (Phi) is 4.62. The number of benzene rings is 3. The summed E-state index contributed by atoms with van der Waals surface area (Å²) in [4.78, 5) is 6.68. The third-order valence-corrected chi connectivity index (χ3v) is 3.86. The zero-order valence-electron chi connectivity index (χ0n) is 13.8. The molecule has 1 N–H and O–H groups in total. The number of hydrogen-bond acceptors (Lipinski definition) is 3. The summed E-state index contributed by atoms with van der Waals surface area (Å²) in [6.07, 6.45) is 1.85. The van der Waals surface area contributed by atoms with Crippen LogP contribution < -0.4 is 4.90 Å². The lowest BCUT2D eigenvalue weighted by molar-refractivity contribution is 0.477. The van der Waals surface area contributed by atoms with Gasteiger partial charge in [-0.2, -0.15) is 0 Å². The number of aromatic hydroxyl groups is 1. The maximum Gasteiger partial charge on any atom is 0.123 e. The van der Waals surface area contributed by atoms with E-state index in [0.717, 1.165) is 28.1 Å². The summed E-state index contributed by atoms with van der Waals surface area (Å²) in [5.41, 5.74) is 4.72. The molecular weight excluding hydrogens is 296 g/mol. The first-order valence-corrected chi connectivity index (χ1v) is 7.84. The molecule has 3 nitrogen and oxygen atoms in total. The molecule has 3 heteroatoms. The van der Waals surface area contributed by atoms with Crippen LogP contribution in [0.5, 0.6) is 5.75 Å². The Morgan fingerprint density at radius 3 is 2.08 bits per heavy atom. The quantitative estimate of drug-likeness (QED) is 0.697. The highest BCUT2D eigenvalue weighted by molar-refractivity contribution is 5.87. The Bertz CT molecular complexity index is 852. The largest absolute Gasteiger partial charge is 0.507 e. The van der Waals surface area contributed by atoms with Gasteiger partial charge in [-0.15, -0.1) is 0 Å². The van der Waals surface area contributed by atoms with E-state index in [1.165, 1.54) is 0 Å². The molecule has 0 aliphatic rings. The molecule has 0 saturated heterocycles. The number of aliphatic imine (C=N–C) groups is 1. The van der Waals surface area contributed by atoms with Gasteiger partial charge in [-0.1, -0.05) is 48.5 Å². The van der Waals surface area contributed by atoms with Gasteiger partial charge in [0.25, 0.3) is 0 Å². The Balaban J connectivity index is 1.92. The van der Waals surface area contributed by atoms with E-state index in [2.05, 4.69) is 22.0 Å². The van der Waals surface area contributed by atoms with Crippen LogP contribution in [0, 0.1) is 0 Å². The van der Waals surface area contributed by atoms with E-state index in [9.17, 15) is 5.11 Å². The zero-order chi connectivity index (χ0) is 16.9. The lowest BCUT2D eigenvalue weighted by Gasteiger charge is -2.11. The number of para-hydroxylation sites is 2. The van der Waals surface area contributed by atoms with Gasteiger partial charge in [0.15, 0.2) is 0 Å². The molecule has 0 fully saturated rings. The van der Waals surface area contributed by atoms with Crippen molar-refractivity contribution in [2.75, 3.05) is 19.0 Å². The Hall–Kier alpha value is -3.07. The topological polar surface area (TPSA) is 35.8 Å². The normalized spacial score (nSPS) is 10.9. The van der Waals surface area contributed by atoms with Crippen LogP contribution in [0.1, 0.15) is 5.56 Å². The summed E-state index contributed by atoms with van der Waals surface area (Å²) < 4.78 is 0. The average Bonchev–Trinajstić information content (AvgIpc) is 2.61. The predicted molar refractivity (Wildman–Crippen MR) is 102 cm³/mol. The van der Waals surface area contributed by atoms with Crippen LogP contribution in [0.15, 0.2) is 77.8 Å². The lowest BCUT2D eigenvalue weighted by atomic mass is 10.0. The fourth-order valence-electron chi connectivity index (χ4n) is 2.52. The molecule has 3 aromatic carbocycles. The van der Waals surface area contributed by atoms with Crippen molar-refractivity contribution in [2.45, 2.75) is 0 Å². The van der Waals surface area contributed by atoms with Gasteiger partial charge >= 0.3 is 0 Å². The average molecular weight is 316 g/mol. The third kappa shape index (κ3) is 3.46. The fraction of sp³-hybridized carbons (Fsp3) is 0.0952. The number of hydrogen-bond donors (Lipinski definition) is 1. The molecule has 0 heterocycles. The van der Waals surface area contributed by atoms with Gasteiger partial charge in [-0.25, -0.2) is 0 Å². The maximum absolute atomic E-state index is 10.1. The van der Waals surface area contributed by atoms with Gasteiger partial charge in [-0.3, -0.25) is 4.99 Å². The Labute approximate surface area is 142 Å². The summed E-state index contributed by atoms with van der Waals surface area (Å²) in [6, 6.07) is 23.4. The first-order chi connectivity index (χ1) is 11.6. The van der Waals surface area contributed by atoms with Crippen molar-refractivity contribution in [1.82, 2.24) is 0 Å². The second-order valence-corrected chi connectivity index (χ2v) is 5.78. The molecule has 0 bridgehead atoms. The molecule has 0 aromatic heterocycles. The molecule has 3 aromatic rings. The van der Waals surface area contributed by atoms with E-state index >= 15 is 0 Å². The van der Waals surface area contributed by atoms with E-state index in [1.807, 2.05) is 74.9 Å². The van der Waals surface area contributed by atoms with E-state index < -0.39 is 0 Å². The van der Waals surface area contributed by atoms with Crippen molar-refractivity contribution >= 4 is 17.6 Å². The van der Waals surface area contributed by atoms with E-state index in [0.29, 0.717) is 0 Å². The number of phenols is 1. The van der Waals surface area contributed by atoms with E-state index in [-0.39, 0.29) is 5.75 Å². The standard InChI is InChI=1S/C21H20N2O/c1-23(2)17-13-11-16(12-14-17)15-22-20-9-5-3-7-18(20)19-8-4-6-10-21(19)24/h3-15,24H,1-2H3. The minimum absolute atomic E-state index is 0.260.